The monoisotopic (exact) mass is 290 g/mol. The van der Waals surface area contributed by atoms with Gasteiger partial charge in [0, 0.05) is 25.5 Å². The standard InChI is InChI=1S/C17H26N2O2/c1-13(2)10-16(20)17(21)19-8-5-14(6-9-19)11-15-4-3-7-18-12-15/h3-4,7,12-14,16,20H,5-6,8-11H2,1-2H3/t16-/m0/s1. The van der Waals surface area contributed by atoms with Crippen molar-refractivity contribution in [1.82, 2.24) is 9.88 Å². The van der Waals surface area contributed by atoms with Crippen LogP contribution in [0.3, 0.4) is 0 Å². The number of amides is 1. The number of aromatic nitrogens is 1. The van der Waals surface area contributed by atoms with E-state index in [2.05, 4.69) is 11.1 Å². The fraction of sp³-hybridized carbons (Fsp3) is 0.647. The van der Waals surface area contributed by atoms with Crippen LogP contribution >= 0.6 is 0 Å². The molecule has 0 bridgehead atoms. The predicted molar refractivity (Wildman–Crippen MR) is 82.7 cm³/mol. The zero-order chi connectivity index (χ0) is 15.2. The van der Waals surface area contributed by atoms with E-state index in [1.165, 1.54) is 5.56 Å². The van der Waals surface area contributed by atoms with Crippen molar-refractivity contribution in [2.24, 2.45) is 11.8 Å². The molecule has 1 aromatic rings. The lowest BCUT2D eigenvalue weighted by Gasteiger charge is -2.33. The summed E-state index contributed by atoms with van der Waals surface area (Å²) in [6, 6.07) is 4.08. The van der Waals surface area contributed by atoms with Crippen LogP contribution < -0.4 is 0 Å². The lowest BCUT2D eigenvalue weighted by molar-refractivity contribution is -0.142. The SMILES string of the molecule is CC(C)C[C@H](O)C(=O)N1CCC(Cc2cccnc2)CC1. The first-order valence-electron chi connectivity index (χ1n) is 7.92. The van der Waals surface area contributed by atoms with Crippen LogP contribution in [0, 0.1) is 11.8 Å². The molecule has 0 spiro atoms. The second-order valence-corrected chi connectivity index (χ2v) is 6.48. The Morgan fingerprint density at radius 2 is 2.14 bits per heavy atom. The Kier molecular flexibility index (Phi) is 5.74. The molecular formula is C17H26N2O2. The number of aliphatic hydroxyl groups is 1. The molecule has 2 rings (SSSR count). The van der Waals surface area contributed by atoms with Gasteiger partial charge in [-0.3, -0.25) is 9.78 Å². The van der Waals surface area contributed by atoms with Crippen LogP contribution in [0.15, 0.2) is 24.5 Å². The Bertz CT molecular complexity index is 439. The lowest BCUT2D eigenvalue weighted by atomic mass is 9.90. The Morgan fingerprint density at radius 3 is 2.71 bits per heavy atom. The average Bonchev–Trinajstić information content (AvgIpc) is 2.47. The van der Waals surface area contributed by atoms with E-state index in [1.807, 2.05) is 31.0 Å². The Balaban J connectivity index is 1.79. The van der Waals surface area contributed by atoms with E-state index in [1.54, 1.807) is 6.20 Å². The van der Waals surface area contributed by atoms with Gasteiger partial charge >= 0.3 is 0 Å². The Hall–Kier alpha value is -1.42. The van der Waals surface area contributed by atoms with E-state index in [4.69, 9.17) is 0 Å². The third-order valence-electron chi connectivity index (χ3n) is 4.15. The summed E-state index contributed by atoms with van der Waals surface area (Å²) in [5.41, 5.74) is 1.27. The quantitative estimate of drug-likeness (QED) is 0.905. The molecular weight excluding hydrogens is 264 g/mol. The maximum absolute atomic E-state index is 12.2. The van der Waals surface area contributed by atoms with E-state index >= 15 is 0 Å². The van der Waals surface area contributed by atoms with Crippen LogP contribution in [-0.4, -0.2) is 40.1 Å². The number of nitrogens with zero attached hydrogens (tertiary/aromatic N) is 2. The van der Waals surface area contributed by atoms with Gasteiger partial charge in [0.15, 0.2) is 0 Å². The normalized spacial score (nSPS) is 18.0. The fourth-order valence-electron chi connectivity index (χ4n) is 2.97. The number of likely N-dealkylation sites (tertiary alicyclic amines) is 1. The van der Waals surface area contributed by atoms with Gasteiger partial charge in [0.1, 0.15) is 6.10 Å². The van der Waals surface area contributed by atoms with Crippen LogP contribution in [0.25, 0.3) is 0 Å². The summed E-state index contributed by atoms with van der Waals surface area (Å²) in [7, 11) is 0. The number of hydrogen-bond donors (Lipinski definition) is 1. The molecule has 1 aromatic heterocycles. The molecule has 0 radical (unpaired) electrons. The number of piperidine rings is 1. The summed E-state index contributed by atoms with van der Waals surface area (Å²) >= 11 is 0. The van der Waals surface area contributed by atoms with E-state index < -0.39 is 6.10 Å². The molecule has 0 saturated carbocycles. The first-order chi connectivity index (χ1) is 10.1. The minimum Gasteiger partial charge on any atom is -0.383 e. The van der Waals surface area contributed by atoms with Crippen molar-refractivity contribution in [3.8, 4) is 0 Å². The van der Waals surface area contributed by atoms with Gasteiger partial charge in [-0.2, -0.15) is 0 Å². The van der Waals surface area contributed by atoms with Gasteiger partial charge in [-0.05, 0) is 49.1 Å². The number of hydrogen-bond acceptors (Lipinski definition) is 3. The second kappa shape index (κ2) is 7.55. The smallest absolute Gasteiger partial charge is 0.251 e. The number of carbonyl (C=O) groups is 1. The number of pyridine rings is 1. The minimum atomic E-state index is -0.833. The molecule has 1 fully saturated rings. The van der Waals surface area contributed by atoms with Crippen molar-refractivity contribution in [3.05, 3.63) is 30.1 Å². The van der Waals surface area contributed by atoms with Crippen LogP contribution in [-0.2, 0) is 11.2 Å². The third-order valence-corrected chi connectivity index (χ3v) is 4.15. The molecule has 1 aliphatic rings. The van der Waals surface area contributed by atoms with Crippen molar-refractivity contribution in [2.45, 2.75) is 45.6 Å². The summed E-state index contributed by atoms with van der Waals surface area (Å²) in [5.74, 6) is 0.857. The van der Waals surface area contributed by atoms with E-state index in [9.17, 15) is 9.90 Å². The van der Waals surface area contributed by atoms with Gasteiger partial charge in [0.25, 0.3) is 5.91 Å². The maximum Gasteiger partial charge on any atom is 0.251 e. The average molecular weight is 290 g/mol. The largest absolute Gasteiger partial charge is 0.383 e. The molecule has 1 saturated heterocycles. The van der Waals surface area contributed by atoms with Gasteiger partial charge in [-0.25, -0.2) is 0 Å². The highest BCUT2D eigenvalue weighted by Gasteiger charge is 2.27. The van der Waals surface area contributed by atoms with Crippen LogP contribution in [0.5, 0.6) is 0 Å². The number of rotatable bonds is 5. The van der Waals surface area contributed by atoms with E-state index in [0.717, 1.165) is 32.4 Å². The molecule has 2 heterocycles. The Morgan fingerprint density at radius 1 is 1.43 bits per heavy atom. The Labute approximate surface area is 127 Å². The van der Waals surface area contributed by atoms with Gasteiger partial charge in [-0.1, -0.05) is 19.9 Å². The summed E-state index contributed by atoms with van der Waals surface area (Å²) in [6.07, 6.45) is 6.48. The molecule has 0 aliphatic carbocycles. The van der Waals surface area contributed by atoms with Crippen LogP contribution in [0.2, 0.25) is 0 Å². The van der Waals surface area contributed by atoms with Crippen LogP contribution in [0.1, 0.15) is 38.7 Å². The summed E-state index contributed by atoms with van der Waals surface area (Å²) < 4.78 is 0. The van der Waals surface area contributed by atoms with Crippen molar-refractivity contribution >= 4 is 5.91 Å². The topological polar surface area (TPSA) is 53.4 Å². The first-order valence-corrected chi connectivity index (χ1v) is 7.92. The summed E-state index contributed by atoms with van der Waals surface area (Å²) in [5, 5.41) is 9.94. The second-order valence-electron chi connectivity index (χ2n) is 6.48. The minimum absolute atomic E-state index is 0.0940. The predicted octanol–water partition coefficient (Wildman–Crippen LogP) is 2.27. The molecule has 1 atom stereocenters. The highest BCUT2D eigenvalue weighted by Crippen LogP contribution is 2.22. The van der Waals surface area contributed by atoms with E-state index in [0.29, 0.717) is 18.3 Å². The molecule has 116 valence electrons. The molecule has 1 amide bonds. The van der Waals surface area contributed by atoms with Gasteiger partial charge < -0.3 is 10.0 Å². The molecule has 0 unspecified atom stereocenters. The van der Waals surface area contributed by atoms with Crippen molar-refractivity contribution in [1.29, 1.82) is 0 Å². The van der Waals surface area contributed by atoms with Gasteiger partial charge in [0.2, 0.25) is 0 Å². The van der Waals surface area contributed by atoms with Crippen molar-refractivity contribution in [3.63, 3.8) is 0 Å². The van der Waals surface area contributed by atoms with Gasteiger partial charge in [-0.15, -0.1) is 0 Å². The number of aliphatic hydroxyl groups excluding tert-OH is 1. The first kappa shape index (κ1) is 16.0. The van der Waals surface area contributed by atoms with E-state index in [-0.39, 0.29) is 5.91 Å². The molecule has 1 aliphatic heterocycles. The summed E-state index contributed by atoms with van der Waals surface area (Å²) in [4.78, 5) is 18.1. The number of carbonyl (C=O) groups excluding carboxylic acids is 1. The fourth-order valence-corrected chi connectivity index (χ4v) is 2.97. The molecule has 21 heavy (non-hydrogen) atoms. The van der Waals surface area contributed by atoms with Crippen LogP contribution in [0.4, 0.5) is 0 Å². The third kappa shape index (κ3) is 4.81. The highest BCUT2D eigenvalue weighted by atomic mass is 16.3. The van der Waals surface area contributed by atoms with Gasteiger partial charge in [0.05, 0.1) is 0 Å². The zero-order valence-electron chi connectivity index (χ0n) is 13.0. The molecule has 1 N–H and O–H groups in total. The molecule has 4 nitrogen and oxygen atoms in total. The van der Waals surface area contributed by atoms with Crippen molar-refractivity contribution in [2.75, 3.05) is 13.1 Å². The van der Waals surface area contributed by atoms with Crippen molar-refractivity contribution < 1.29 is 9.90 Å². The lowest BCUT2D eigenvalue weighted by Crippen LogP contribution is -2.44. The maximum atomic E-state index is 12.2. The molecule has 0 aromatic carbocycles. The zero-order valence-corrected chi connectivity index (χ0v) is 13.0. The summed E-state index contributed by atoms with van der Waals surface area (Å²) in [6.45, 7) is 5.57. The highest BCUT2D eigenvalue weighted by molar-refractivity contribution is 5.80. The molecule has 4 heteroatoms.